The summed E-state index contributed by atoms with van der Waals surface area (Å²) in [6.45, 7) is 5.09. The first kappa shape index (κ1) is 10.8. The summed E-state index contributed by atoms with van der Waals surface area (Å²) in [5.41, 5.74) is 1.81. The Morgan fingerprint density at radius 2 is 2.20 bits per heavy atom. The zero-order chi connectivity index (χ0) is 11.1. The third-order valence-electron chi connectivity index (χ3n) is 3.30. The average molecular weight is 226 g/mol. The van der Waals surface area contributed by atoms with Crippen molar-refractivity contribution in [2.45, 2.75) is 32.2 Å². The van der Waals surface area contributed by atoms with Gasteiger partial charge in [0.05, 0.1) is 0 Å². The molecule has 1 fully saturated rings. The van der Waals surface area contributed by atoms with Crippen LogP contribution in [0.15, 0.2) is 12.1 Å². The summed E-state index contributed by atoms with van der Waals surface area (Å²) in [5.74, 6) is 0.341. The van der Waals surface area contributed by atoms with E-state index in [1.807, 2.05) is 6.92 Å². The highest BCUT2D eigenvalue weighted by atomic mass is 35.5. The van der Waals surface area contributed by atoms with Crippen molar-refractivity contribution in [3.63, 3.8) is 0 Å². The maximum atomic E-state index is 9.94. The second kappa shape index (κ2) is 3.69. The van der Waals surface area contributed by atoms with E-state index in [1.54, 1.807) is 12.1 Å². The molecule has 1 aliphatic heterocycles. The Balaban J connectivity index is 2.55. The molecule has 0 spiro atoms. The van der Waals surface area contributed by atoms with Gasteiger partial charge in [0, 0.05) is 16.1 Å². The van der Waals surface area contributed by atoms with Gasteiger partial charge in [-0.05, 0) is 50.9 Å². The molecule has 0 amide bonds. The molecule has 2 nitrogen and oxygen atoms in total. The fourth-order valence-corrected chi connectivity index (χ4v) is 2.63. The van der Waals surface area contributed by atoms with Gasteiger partial charge in [0.25, 0.3) is 0 Å². The van der Waals surface area contributed by atoms with Crippen molar-refractivity contribution in [1.29, 1.82) is 0 Å². The van der Waals surface area contributed by atoms with Gasteiger partial charge in [0.2, 0.25) is 0 Å². The standard InChI is InChI=1S/C12H16ClNO/c1-8-9(13)4-5-10(15)11(8)12(2)6-3-7-14-12/h4-5,14-15H,3,6-7H2,1-2H3. The van der Waals surface area contributed by atoms with Crippen molar-refractivity contribution in [2.24, 2.45) is 0 Å². The molecular formula is C12H16ClNO. The van der Waals surface area contributed by atoms with Crippen LogP contribution in [0.25, 0.3) is 0 Å². The normalized spacial score (nSPS) is 25.8. The third-order valence-corrected chi connectivity index (χ3v) is 3.71. The summed E-state index contributed by atoms with van der Waals surface area (Å²) >= 11 is 6.09. The van der Waals surface area contributed by atoms with Crippen molar-refractivity contribution < 1.29 is 5.11 Å². The number of hydrogen-bond acceptors (Lipinski definition) is 2. The quantitative estimate of drug-likeness (QED) is 0.770. The molecular weight excluding hydrogens is 210 g/mol. The van der Waals surface area contributed by atoms with Gasteiger partial charge in [-0.3, -0.25) is 0 Å². The minimum atomic E-state index is -0.126. The van der Waals surface area contributed by atoms with Gasteiger partial charge in [0.15, 0.2) is 0 Å². The Morgan fingerprint density at radius 3 is 2.80 bits per heavy atom. The number of phenolic OH excluding ortho intramolecular Hbond substituents is 1. The van der Waals surface area contributed by atoms with Gasteiger partial charge in [-0.1, -0.05) is 11.6 Å². The average Bonchev–Trinajstić information content (AvgIpc) is 2.60. The molecule has 1 saturated heterocycles. The lowest BCUT2D eigenvalue weighted by Crippen LogP contribution is -2.34. The minimum absolute atomic E-state index is 0.126. The molecule has 2 N–H and O–H groups in total. The molecule has 0 aliphatic carbocycles. The summed E-state index contributed by atoms with van der Waals surface area (Å²) < 4.78 is 0. The van der Waals surface area contributed by atoms with Gasteiger partial charge < -0.3 is 10.4 Å². The van der Waals surface area contributed by atoms with E-state index in [0.29, 0.717) is 5.75 Å². The smallest absolute Gasteiger partial charge is 0.120 e. The lowest BCUT2D eigenvalue weighted by Gasteiger charge is -2.28. The summed E-state index contributed by atoms with van der Waals surface area (Å²) in [5, 5.41) is 14.1. The summed E-state index contributed by atoms with van der Waals surface area (Å²) in [4.78, 5) is 0. The Bertz CT molecular complexity index is 383. The van der Waals surface area contributed by atoms with Crippen molar-refractivity contribution in [3.05, 3.63) is 28.3 Å². The van der Waals surface area contributed by atoms with E-state index >= 15 is 0 Å². The van der Waals surface area contributed by atoms with E-state index in [-0.39, 0.29) is 5.54 Å². The number of phenols is 1. The van der Waals surface area contributed by atoms with Crippen molar-refractivity contribution in [2.75, 3.05) is 6.54 Å². The highest BCUT2D eigenvalue weighted by Gasteiger charge is 2.34. The highest BCUT2D eigenvalue weighted by molar-refractivity contribution is 6.31. The van der Waals surface area contributed by atoms with Gasteiger partial charge in [-0.15, -0.1) is 0 Å². The van der Waals surface area contributed by atoms with E-state index in [0.717, 1.165) is 35.5 Å². The number of aromatic hydroxyl groups is 1. The molecule has 1 aliphatic rings. The first-order valence-electron chi connectivity index (χ1n) is 5.28. The van der Waals surface area contributed by atoms with E-state index < -0.39 is 0 Å². The molecule has 1 aromatic rings. The molecule has 1 heterocycles. The topological polar surface area (TPSA) is 32.3 Å². The minimum Gasteiger partial charge on any atom is -0.508 e. The Kier molecular flexibility index (Phi) is 2.65. The zero-order valence-corrected chi connectivity index (χ0v) is 9.86. The Morgan fingerprint density at radius 1 is 1.47 bits per heavy atom. The monoisotopic (exact) mass is 225 g/mol. The molecule has 1 aromatic carbocycles. The van der Waals surface area contributed by atoms with Gasteiger partial charge in [0.1, 0.15) is 5.75 Å². The Hall–Kier alpha value is -0.730. The summed E-state index contributed by atoms with van der Waals surface area (Å²) in [6, 6.07) is 3.42. The van der Waals surface area contributed by atoms with Crippen LogP contribution in [0.3, 0.4) is 0 Å². The second-order valence-corrected chi connectivity index (χ2v) is 4.84. The SMILES string of the molecule is Cc1c(Cl)ccc(O)c1C1(C)CCCN1. The van der Waals surface area contributed by atoms with E-state index in [2.05, 4.69) is 12.2 Å². The van der Waals surface area contributed by atoms with Gasteiger partial charge in [-0.2, -0.15) is 0 Å². The molecule has 1 unspecified atom stereocenters. The van der Waals surface area contributed by atoms with Crippen LogP contribution in [0.5, 0.6) is 5.75 Å². The lowest BCUT2D eigenvalue weighted by atomic mass is 9.86. The number of benzene rings is 1. The fraction of sp³-hybridized carbons (Fsp3) is 0.500. The molecule has 82 valence electrons. The Labute approximate surface area is 95.3 Å². The molecule has 0 aromatic heterocycles. The van der Waals surface area contributed by atoms with E-state index in [4.69, 9.17) is 11.6 Å². The van der Waals surface area contributed by atoms with E-state index in [1.165, 1.54) is 0 Å². The van der Waals surface area contributed by atoms with Gasteiger partial charge >= 0.3 is 0 Å². The van der Waals surface area contributed by atoms with Crippen LogP contribution >= 0.6 is 11.6 Å². The maximum absolute atomic E-state index is 9.94. The molecule has 2 rings (SSSR count). The number of hydrogen-bond donors (Lipinski definition) is 2. The van der Waals surface area contributed by atoms with Crippen molar-refractivity contribution in [1.82, 2.24) is 5.32 Å². The van der Waals surface area contributed by atoms with Crippen LogP contribution in [0.2, 0.25) is 5.02 Å². The lowest BCUT2D eigenvalue weighted by molar-refractivity contribution is 0.392. The number of rotatable bonds is 1. The molecule has 3 heteroatoms. The second-order valence-electron chi connectivity index (χ2n) is 4.43. The third kappa shape index (κ3) is 1.72. The summed E-state index contributed by atoms with van der Waals surface area (Å²) in [6.07, 6.45) is 2.18. The van der Waals surface area contributed by atoms with Crippen LogP contribution in [0, 0.1) is 6.92 Å². The molecule has 0 bridgehead atoms. The maximum Gasteiger partial charge on any atom is 0.120 e. The molecule has 0 radical (unpaired) electrons. The van der Waals surface area contributed by atoms with Crippen molar-refractivity contribution >= 4 is 11.6 Å². The number of halogens is 1. The first-order chi connectivity index (χ1) is 7.04. The number of nitrogens with one attached hydrogen (secondary N) is 1. The molecule has 0 saturated carbocycles. The predicted octanol–water partition coefficient (Wildman–Crippen LogP) is 2.95. The van der Waals surface area contributed by atoms with E-state index in [9.17, 15) is 5.11 Å². The largest absolute Gasteiger partial charge is 0.508 e. The fourth-order valence-electron chi connectivity index (χ4n) is 2.48. The predicted molar refractivity (Wildman–Crippen MR) is 62.4 cm³/mol. The van der Waals surface area contributed by atoms with Crippen LogP contribution in [0.1, 0.15) is 30.9 Å². The van der Waals surface area contributed by atoms with Crippen LogP contribution in [0.4, 0.5) is 0 Å². The highest BCUT2D eigenvalue weighted by Crippen LogP contribution is 2.40. The summed E-state index contributed by atoms with van der Waals surface area (Å²) in [7, 11) is 0. The van der Waals surface area contributed by atoms with Gasteiger partial charge in [-0.25, -0.2) is 0 Å². The zero-order valence-electron chi connectivity index (χ0n) is 9.10. The molecule has 1 atom stereocenters. The first-order valence-corrected chi connectivity index (χ1v) is 5.66. The van der Waals surface area contributed by atoms with Crippen LogP contribution in [-0.4, -0.2) is 11.7 Å². The van der Waals surface area contributed by atoms with Crippen LogP contribution < -0.4 is 5.32 Å². The van der Waals surface area contributed by atoms with Crippen LogP contribution in [-0.2, 0) is 5.54 Å². The van der Waals surface area contributed by atoms with Crippen molar-refractivity contribution in [3.8, 4) is 5.75 Å². The molecule has 15 heavy (non-hydrogen) atoms.